The topological polar surface area (TPSA) is 100 Å². The van der Waals surface area contributed by atoms with Crippen LogP contribution in [0.1, 0.15) is 37.8 Å². The summed E-state index contributed by atoms with van der Waals surface area (Å²) in [6.07, 6.45) is 4.21. The monoisotopic (exact) mass is 460 g/mol. The van der Waals surface area contributed by atoms with Crippen LogP contribution in [0.3, 0.4) is 0 Å². The Balaban J connectivity index is 1.59. The predicted molar refractivity (Wildman–Crippen MR) is 126 cm³/mol. The first kappa shape index (κ1) is 24.1. The van der Waals surface area contributed by atoms with Crippen molar-refractivity contribution < 1.29 is 22.6 Å². The molecule has 0 saturated heterocycles. The number of primary sulfonamides is 1. The van der Waals surface area contributed by atoms with E-state index >= 15 is 0 Å². The molecule has 1 aliphatic rings. The van der Waals surface area contributed by atoms with Gasteiger partial charge in [0.05, 0.1) is 20.3 Å². The van der Waals surface area contributed by atoms with Crippen LogP contribution >= 0.6 is 0 Å². The molecule has 0 atom stereocenters. The standard InChI is InChI=1S/C24H32N2O5S/c1-4-30-21-9-7-20(14-18-5-6-18)15-23(21)31-12-11-26-17(2)13-19-8-10-22(29-3)24(16-19)32(25,27)28/h7-10,15-16,18H,4-6,11-14H2,1-3H3,(H2,25,27,28). The number of ether oxygens (including phenoxy) is 3. The molecule has 0 amide bonds. The van der Waals surface area contributed by atoms with E-state index in [1.807, 2.05) is 26.0 Å². The third kappa shape index (κ3) is 6.97. The summed E-state index contributed by atoms with van der Waals surface area (Å²) in [5.74, 6) is 2.54. The van der Waals surface area contributed by atoms with Gasteiger partial charge in [-0.2, -0.15) is 0 Å². The molecule has 32 heavy (non-hydrogen) atoms. The molecule has 0 spiro atoms. The fraction of sp³-hybridized carbons (Fsp3) is 0.458. The molecule has 2 N–H and O–H groups in total. The Morgan fingerprint density at radius 1 is 1.06 bits per heavy atom. The fourth-order valence-electron chi connectivity index (χ4n) is 3.52. The van der Waals surface area contributed by atoms with Crippen LogP contribution in [0.2, 0.25) is 0 Å². The molecule has 0 aliphatic heterocycles. The minimum absolute atomic E-state index is 0.0248. The van der Waals surface area contributed by atoms with E-state index in [-0.39, 0.29) is 10.6 Å². The van der Waals surface area contributed by atoms with Gasteiger partial charge in [0.2, 0.25) is 10.0 Å². The second-order valence-corrected chi connectivity index (χ2v) is 9.56. The average molecular weight is 461 g/mol. The predicted octanol–water partition coefficient (Wildman–Crippen LogP) is 3.78. The van der Waals surface area contributed by atoms with Gasteiger partial charge in [-0.05, 0) is 74.4 Å². The highest BCUT2D eigenvalue weighted by molar-refractivity contribution is 7.89. The summed E-state index contributed by atoms with van der Waals surface area (Å²) in [6, 6.07) is 11.1. The van der Waals surface area contributed by atoms with Crippen molar-refractivity contribution >= 4 is 15.7 Å². The van der Waals surface area contributed by atoms with E-state index in [2.05, 4.69) is 17.1 Å². The number of hydrogen-bond acceptors (Lipinski definition) is 6. The van der Waals surface area contributed by atoms with Gasteiger partial charge in [-0.1, -0.05) is 12.1 Å². The van der Waals surface area contributed by atoms with Gasteiger partial charge in [-0.15, -0.1) is 0 Å². The molecule has 0 aromatic heterocycles. The Labute approximate surface area is 190 Å². The molecule has 0 bridgehead atoms. The first-order chi connectivity index (χ1) is 15.3. The summed E-state index contributed by atoms with van der Waals surface area (Å²) in [6.45, 7) is 5.36. The summed E-state index contributed by atoms with van der Waals surface area (Å²) < 4.78 is 40.4. The molecule has 1 aliphatic carbocycles. The summed E-state index contributed by atoms with van der Waals surface area (Å²) in [5, 5.41) is 5.30. The minimum Gasteiger partial charge on any atom is -0.495 e. The lowest BCUT2D eigenvalue weighted by Gasteiger charge is -2.13. The van der Waals surface area contributed by atoms with Gasteiger partial charge in [0.15, 0.2) is 11.5 Å². The molecule has 0 unspecified atom stereocenters. The van der Waals surface area contributed by atoms with Crippen molar-refractivity contribution in [1.29, 1.82) is 0 Å². The van der Waals surface area contributed by atoms with Crippen molar-refractivity contribution in [2.75, 3.05) is 26.9 Å². The van der Waals surface area contributed by atoms with Gasteiger partial charge >= 0.3 is 0 Å². The zero-order chi connectivity index (χ0) is 23.1. The molecule has 0 radical (unpaired) electrons. The lowest BCUT2D eigenvalue weighted by molar-refractivity contribution is 0.282. The molecule has 1 saturated carbocycles. The molecule has 0 heterocycles. The van der Waals surface area contributed by atoms with Gasteiger partial charge in [0.25, 0.3) is 0 Å². The van der Waals surface area contributed by atoms with E-state index in [1.54, 1.807) is 6.07 Å². The van der Waals surface area contributed by atoms with Crippen molar-refractivity contribution in [3.8, 4) is 17.2 Å². The molecule has 2 aromatic carbocycles. The van der Waals surface area contributed by atoms with E-state index < -0.39 is 10.0 Å². The van der Waals surface area contributed by atoms with Crippen molar-refractivity contribution in [1.82, 2.24) is 0 Å². The highest BCUT2D eigenvalue weighted by atomic mass is 32.2. The number of nitrogens with two attached hydrogens (primary N) is 1. The van der Waals surface area contributed by atoms with Crippen molar-refractivity contribution in [2.24, 2.45) is 16.0 Å². The van der Waals surface area contributed by atoms with Crippen LogP contribution in [0.15, 0.2) is 46.3 Å². The van der Waals surface area contributed by atoms with E-state index in [1.165, 1.54) is 31.6 Å². The van der Waals surface area contributed by atoms with Gasteiger partial charge in [-0.3, -0.25) is 4.99 Å². The van der Waals surface area contributed by atoms with Crippen LogP contribution in [0, 0.1) is 5.92 Å². The number of aliphatic imine (C=N–C) groups is 1. The maximum atomic E-state index is 11.8. The largest absolute Gasteiger partial charge is 0.495 e. The molecule has 7 nitrogen and oxygen atoms in total. The number of nitrogens with zero attached hydrogens (tertiary/aromatic N) is 1. The quantitative estimate of drug-likeness (QED) is 0.384. The summed E-state index contributed by atoms with van der Waals surface area (Å²) in [7, 11) is -2.46. The maximum absolute atomic E-state index is 11.8. The smallest absolute Gasteiger partial charge is 0.241 e. The maximum Gasteiger partial charge on any atom is 0.241 e. The number of benzene rings is 2. The van der Waals surface area contributed by atoms with Gasteiger partial charge in [-0.25, -0.2) is 13.6 Å². The third-order valence-corrected chi connectivity index (χ3v) is 6.19. The molecular formula is C24H32N2O5S. The van der Waals surface area contributed by atoms with E-state index in [0.29, 0.717) is 26.2 Å². The molecule has 3 rings (SSSR count). The summed E-state index contributed by atoms with van der Waals surface area (Å²) in [5.41, 5.74) is 2.94. The van der Waals surface area contributed by atoms with Crippen molar-refractivity contribution in [3.63, 3.8) is 0 Å². The normalized spacial score (nSPS) is 14.3. The van der Waals surface area contributed by atoms with Gasteiger partial charge in [0, 0.05) is 12.1 Å². The Bertz CT molecular complexity index is 1060. The number of hydrogen-bond donors (Lipinski definition) is 1. The lowest BCUT2D eigenvalue weighted by atomic mass is 10.1. The second-order valence-electron chi connectivity index (χ2n) is 8.03. The number of sulfonamides is 1. The van der Waals surface area contributed by atoms with E-state index in [4.69, 9.17) is 19.3 Å². The van der Waals surface area contributed by atoms with Crippen LogP contribution < -0.4 is 19.3 Å². The minimum atomic E-state index is -3.87. The SMILES string of the molecule is CCOc1ccc(CC2CC2)cc1OCCN=C(C)Cc1ccc(OC)c(S(N)(=O)=O)c1. The highest BCUT2D eigenvalue weighted by Gasteiger charge is 2.22. The molecular weight excluding hydrogens is 428 g/mol. The Hall–Kier alpha value is -2.58. The first-order valence-electron chi connectivity index (χ1n) is 10.9. The second kappa shape index (κ2) is 10.8. The molecule has 8 heteroatoms. The van der Waals surface area contributed by atoms with Crippen LogP contribution in [0.5, 0.6) is 17.2 Å². The van der Waals surface area contributed by atoms with Crippen LogP contribution in [0.4, 0.5) is 0 Å². The van der Waals surface area contributed by atoms with E-state index in [9.17, 15) is 8.42 Å². The van der Waals surface area contributed by atoms with E-state index in [0.717, 1.165) is 35.1 Å². The Kier molecular flexibility index (Phi) is 8.15. The molecule has 1 fully saturated rings. The first-order valence-corrected chi connectivity index (χ1v) is 12.4. The summed E-state index contributed by atoms with van der Waals surface area (Å²) in [4.78, 5) is 4.54. The average Bonchev–Trinajstić information content (AvgIpc) is 3.56. The summed E-state index contributed by atoms with van der Waals surface area (Å²) >= 11 is 0. The fourth-order valence-corrected chi connectivity index (χ4v) is 4.27. The van der Waals surface area contributed by atoms with Crippen LogP contribution in [-0.4, -0.2) is 41.0 Å². The van der Waals surface area contributed by atoms with Gasteiger partial charge in [0.1, 0.15) is 17.3 Å². The highest BCUT2D eigenvalue weighted by Crippen LogP contribution is 2.35. The third-order valence-electron chi connectivity index (χ3n) is 5.25. The Morgan fingerprint density at radius 3 is 2.44 bits per heavy atom. The zero-order valence-electron chi connectivity index (χ0n) is 19.0. The molecule has 2 aromatic rings. The van der Waals surface area contributed by atoms with Crippen LogP contribution in [0.25, 0.3) is 0 Å². The zero-order valence-corrected chi connectivity index (χ0v) is 19.8. The van der Waals surface area contributed by atoms with Crippen molar-refractivity contribution in [2.45, 2.75) is 44.4 Å². The Morgan fingerprint density at radius 2 is 1.78 bits per heavy atom. The number of rotatable bonds is 12. The molecule has 174 valence electrons. The van der Waals surface area contributed by atoms with Crippen LogP contribution in [-0.2, 0) is 22.9 Å². The van der Waals surface area contributed by atoms with Crippen molar-refractivity contribution in [3.05, 3.63) is 47.5 Å². The van der Waals surface area contributed by atoms with Gasteiger partial charge < -0.3 is 14.2 Å². The number of methoxy groups -OCH3 is 1. The lowest BCUT2D eigenvalue weighted by Crippen LogP contribution is -2.14.